The highest BCUT2D eigenvalue weighted by Gasteiger charge is 2.25. The van der Waals surface area contributed by atoms with E-state index in [1.165, 1.54) is 6.07 Å². The highest BCUT2D eigenvalue weighted by atomic mass is 19.1. The van der Waals surface area contributed by atoms with Crippen molar-refractivity contribution in [2.24, 2.45) is 0 Å². The van der Waals surface area contributed by atoms with Gasteiger partial charge in [-0.3, -0.25) is 14.9 Å². The van der Waals surface area contributed by atoms with Gasteiger partial charge in [-0.25, -0.2) is 9.37 Å². The number of imide groups is 1. The summed E-state index contributed by atoms with van der Waals surface area (Å²) < 4.78 is 16.0. The molecule has 7 nitrogen and oxygen atoms in total. The minimum Gasteiger partial charge on any atom is -0.367 e. The SMILES string of the molecule is Cc1ccc(F)c(Cc2cc(NC3CC3)n3ncc(/C=C4\CC(=O)NC4=O)c3n2)c1. The van der Waals surface area contributed by atoms with Crippen molar-refractivity contribution >= 4 is 29.4 Å². The fourth-order valence-electron chi connectivity index (χ4n) is 3.60. The molecule has 1 aromatic carbocycles. The Morgan fingerprint density at radius 1 is 1.30 bits per heavy atom. The van der Waals surface area contributed by atoms with E-state index in [4.69, 9.17) is 4.98 Å². The van der Waals surface area contributed by atoms with Crippen molar-refractivity contribution in [2.75, 3.05) is 5.32 Å². The van der Waals surface area contributed by atoms with E-state index in [2.05, 4.69) is 15.7 Å². The number of carbonyl (C=O) groups is 2. The molecule has 5 rings (SSSR count). The van der Waals surface area contributed by atoms with Crippen molar-refractivity contribution in [2.45, 2.75) is 38.6 Å². The Labute approximate surface area is 172 Å². The number of fused-ring (bicyclic) bond motifs is 1. The number of nitrogens with one attached hydrogen (secondary N) is 2. The molecule has 2 fully saturated rings. The number of anilines is 1. The summed E-state index contributed by atoms with van der Waals surface area (Å²) in [5.74, 6) is -0.200. The number of rotatable bonds is 5. The van der Waals surface area contributed by atoms with Gasteiger partial charge in [0.25, 0.3) is 5.91 Å². The van der Waals surface area contributed by atoms with E-state index in [1.807, 2.05) is 19.1 Å². The summed E-state index contributed by atoms with van der Waals surface area (Å²) in [4.78, 5) is 28.2. The minimum absolute atomic E-state index is 0.0392. The van der Waals surface area contributed by atoms with Crippen molar-refractivity contribution in [3.8, 4) is 0 Å². The number of halogens is 1. The molecule has 2 aliphatic rings. The van der Waals surface area contributed by atoms with Gasteiger partial charge in [0.05, 0.1) is 18.3 Å². The van der Waals surface area contributed by atoms with E-state index >= 15 is 0 Å². The molecule has 1 aliphatic heterocycles. The quantitative estimate of drug-likeness (QED) is 0.503. The lowest BCUT2D eigenvalue weighted by atomic mass is 10.1. The first-order valence-corrected chi connectivity index (χ1v) is 9.90. The van der Waals surface area contributed by atoms with Crippen LogP contribution in [-0.4, -0.2) is 32.5 Å². The van der Waals surface area contributed by atoms with Crippen molar-refractivity contribution in [1.29, 1.82) is 0 Å². The van der Waals surface area contributed by atoms with E-state index in [0.29, 0.717) is 40.5 Å². The van der Waals surface area contributed by atoms with Crippen LogP contribution >= 0.6 is 0 Å². The van der Waals surface area contributed by atoms with Gasteiger partial charge in [-0.2, -0.15) is 9.61 Å². The van der Waals surface area contributed by atoms with Gasteiger partial charge in [0.1, 0.15) is 11.6 Å². The second-order valence-corrected chi connectivity index (χ2v) is 7.88. The molecular formula is C22H20FN5O2. The van der Waals surface area contributed by atoms with Gasteiger partial charge >= 0.3 is 0 Å². The summed E-state index contributed by atoms with van der Waals surface area (Å²) in [5, 5.41) is 10.1. The predicted molar refractivity (Wildman–Crippen MR) is 109 cm³/mol. The smallest absolute Gasteiger partial charge is 0.254 e. The topological polar surface area (TPSA) is 88.4 Å². The monoisotopic (exact) mass is 405 g/mol. The molecule has 1 aliphatic carbocycles. The summed E-state index contributed by atoms with van der Waals surface area (Å²) in [6.07, 6.45) is 5.83. The maximum atomic E-state index is 14.3. The zero-order valence-electron chi connectivity index (χ0n) is 16.4. The first-order chi connectivity index (χ1) is 14.5. The van der Waals surface area contributed by atoms with Crippen LogP contribution in [0.3, 0.4) is 0 Å². The first kappa shape index (κ1) is 18.5. The molecule has 30 heavy (non-hydrogen) atoms. The van der Waals surface area contributed by atoms with Crippen LogP contribution in [0.25, 0.3) is 11.7 Å². The second-order valence-electron chi connectivity index (χ2n) is 7.88. The molecule has 1 saturated heterocycles. The van der Waals surface area contributed by atoms with Crippen LogP contribution in [0, 0.1) is 12.7 Å². The summed E-state index contributed by atoms with van der Waals surface area (Å²) in [6, 6.07) is 7.32. The van der Waals surface area contributed by atoms with E-state index in [1.54, 1.807) is 22.9 Å². The number of hydrogen-bond acceptors (Lipinski definition) is 5. The van der Waals surface area contributed by atoms with Crippen molar-refractivity contribution < 1.29 is 14.0 Å². The predicted octanol–water partition coefficient (Wildman–Crippen LogP) is 2.77. The summed E-state index contributed by atoms with van der Waals surface area (Å²) in [6.45, 7) is 1.93. The first-order valence-electron chi connectivity index (χ1n) is 9.90. The minimum atomic E-state index is -0.395. The Morgan fingerprint density at radius 2 is 2.13 bits per heavy atom. The van der Waals surface area contributed by atoms with Crippen LogP contribution in [0.2, 0.25) is 0 Å². The van der Waals surface area contributed by atoms with E-state index < -0.39 is 5.91 Å². The normalized spacial score (nSPS) is 17.7. The number of nitrogens with zero attached hydrogens (tertiary/aromatic N) is 3. The van der Waals surface area contributed by atoms with Crippen LogP contribution in [0.5, 0.6) is 0 Å². The number of carbonyl (C=O) groups excluding carboxylic acids is 2. The molecule has 0 atom stereocenters. The van der Waals surface area contributed by atoms with Crippen LogP contribution in [-0.2, 0) is 16.0 Å². The third-order valence-electron chi connectivity index (χ3n) is 5.28. The molecule has 3 aromatic rings. The van der Waals surface area contributed by atoms with Gasteiger partial charge < -0.3 is 5.32 Å². The summed E-state index contributed by atoms with van der Waals surface area (Å²) in [5.41, 5.74) is 3.83. The fourth-order valence-corrected chi connectivity index (χ4v) is 3.60. The van der Waals surface area contributed by atoms with Crippen molar-refractivity contribution in [3.63, 3.8) is 0 Å². The Hall–Kier alpha value is -3.55. The molecule has 2 aromatic heterocycles. The fraction of sp³-hybridized carbons (Fsp3) is 0.273. The molecule has 0 unspecified atom stereocenters. The Bertz CT molecular complexity index is 1230. The standard InChI is InChI=1S/C22H20FN5O2/c1-12-2-5-18(23)13(6-12)8-17-10-19(25-16-3-4-16)28-21(26-17)15(11-24-28)7-14-9-20(29)27-22(14)30/h2,5-7,10-11,16,25H,3-4,8-9H2,1H3,(H,27,29,30)/b14-7+. The molecule has 1 saturated carbocycles. The third-order valence-corrected chi connectivity index (χ3v) is 5.28. The number of benzene rings is 1. The summed E-state index contributed by atoms with van der Waals surface area (Å²) in [7, 11) is 0. The molecule has 0 spiro atoms. The second kappa shape index (κ2) is 7.05. The zero-order valence-corrected chi connectivity index (χ0v) is 16.4. The lowest BCUT2D eigenvalue weighted by Gasteiger charge is -2.11. The van der Waals surface area contributed by atoms with Gasteiger partial charge in [0, 0.05) is 29.7 Å². The Balaban J connectivity index is 1.59. The Morgan fingerprint density at radius 3 is 2.87 bits per heavy atom. The highest BCUT2D eigenvalue weighted by molar-refractivity contribution is 6.15. The maximum Gasteiger partial charge on any atom is 0.254 e. The van der Waals surface area contributed by atoms with Gasteiger partial charge in [-0.15, -0.1) is 0 Å². The third kappa shape index (κ3) is 3.56. The number of hydrogen-bond donors (Lipinski definition) is 2. The molecule has 152 valence electrons. The van der Waals surface area contributed by atoms with Crippen LogP contribution in [0.1, 0.15) is 41.6 Å². The van der Waals surface area contributed by atoms with Crippen molar-refractivity contribution in [1.82, 2.24) is 19.9 Å². The lowest BCUT2D eigenvalue weighted by Crippen LogP contribution is -2.19. The molecule has 0 radical (unpaired) electrons. The van der Waals surface area contributed by atoms with E-state index in [0.717, 1.165) is 24.2 Å². The van der Waals surface area contributed by atoms with Crippen LogP contribution in [0.4, 0.5) is 10.2 Å². The summed E-state index contributed by atoms with van der Waals surface area (Å²) >= 11 is 0. The van der Waals surface area contributed by atoms with Gasteiger partial charge in [-0.05, 0) is 37.5 Å². The molecule has 2 N–H and O–H groups in total. The molecule has 8 heteroatoms. The number of amides is 2. The zero-order chi connectivity index (χ0) is 20.8. The average Bonchev–Trinajstić information content (AvgIpc) is 3.34. The van der Waals surface area contributed by atoms with Crippen LogP contribution in [0.15, 0.2) is 36.0 Å². The molecule has 0 bridgehead atoms. The lowest BCUT2D eigenvalue weighted by molar-refractivity contribution is -0.124. The largest absolute Gasteiger partial charge is 0.367 e. The molecule has 3 heterocycles. The Kier molecular flexibility index (Phi) is 4.34. The van der Waals surface area contributed by atoms with E-state index in [-0.39, 0.29) is 18.1 Å². The van der Waals surface area contributed by atoms with Gasteiger partial charge in [-0.1, -0.05) is 17.7 Å². The van der Waals surface area contributed by atoms with Crippen LogP contribution < -0.4 is 10.6 Å². The van der Waals surface area contributed by atoms with E-state index in [9.17, 15) is 14.0 Å². The van der Waals surface area contributed by atoms with Gasteiger partial charge in [0.15, 0.2) is 5.65 Å². The maximum absolute atomic E-state index is 14.3. The molecular weight excluding hydrogens is 385 g/mol. The van der Waals surface area contributed by atoms with Gasteiger partial charge in [0.2, 0.25) is 5.91 Å². The average molecular weight is 405 g/mol. The number of aryl methyl sites for hydroxylation is 1. The van der Waals surface area contributed by atoms with Crippen molar-refractivity contribution in [3.05, 3.63) is 64.2 Å². The highest BCUT2D eigenvalue weighted by Crippen LogP contribution is 2.27. The molecule has 2 amide bonds. The number of aromatic nitrogens is 3.